The van der Waals surface area contributed by atoms with E-state index in [1.807, 2.05) is 42.6 Å². The first-order valence-corrected chi connectivity index (χ1v) is 10.4. The standard InChI is InChI=1S/C19H17N3O3S2/c1-12-8-13-4-2-3-5-15(13)22(12)16(23)9-25-17(24)10-27-19-14-6-7-26-18(14)20-11-21-19/h2-7,11-12H,8-10H2,1H3/t12-/m1/s1. The van der Waals surface area contributed by atoms with E-state index in [0.717, 1.165) is 32.9 Å². The highest BCUT2D eigenvalue weighted by atomic mass is 32.2. The first kappa shape index (κ1) is 17.9. The molecule has 1 aliphatic rings. The van der Waals surface area contributed by atoms with Gasteiger partial charge >= 0.3 is 5.97 Å². The molecule has 0 N–H and O–H groups in total. The van der Waals surface area contributed by atoms with E-state index in [-0.39, 0.29) is 24.3 Å². The molecule has 6 nitrogen and oxygen atoms in total. The molecule has 0 saturated heterocycles. The minimum absolute atomic E-state index is 0.0656. The van der Waals surface area contributed by atoms with Crippen LogP contribution in [0.25, 0.3) is 10.2 Å². The van der Waals surface area contributed by atoms with Crippen molar-refractivity contribution < 1.29 is 14.3 Å². The van der Waals surface area contributed by atoms with Gasteiger partial charge in [0.15, 0.2) is 6.61 Å². The van der Waals surface area contributed by atoms with Crippen molar-refractivity contribution in [2.24, 2.45) is 0 Å². The summed E-state index contributed by atoms with van der Waals surface area (Å²) in [5.74, 6) is -0.537. The minimum Gasteiger partial charge on any atom is -0.455 e. The molecule has 0 fully saturated rings. The summed E-state index contributed by atoms with van der Waals surface area (Å²) >= 11 is 2.82. The van der Waals surface area contributed by atoms with Crippen LogP contribution < -0.4 is 4.90 Å². The Balaban J connectivity index is 1.33. The third kappa shape index (κ3) is 3.68. The summed E-state index contributed by atoms with van der Waals surface area (Å²) < 4.78 is 5.20. The monoisotopic (exact) mass is 399 g/mol. The number of hydrogen-bond donors (Lipinski definition) is 0. The molecule has 0 aliphatic carbocycles. The maximum atomic E-state index is 12.6. The van der Waals surface area contributed by atoms with Crippen LogP contribution in [0.15, 0.2) is 47.1 Å². The molecule has 0 bridgehead atoms. The predicted molar refractivity (Wildman–Crippen MR) is 106 cm³/mol. The number of nitrogens with zero attached hydrogens (tertiary/aromatic N) is 3. The molecular formula is C19H17N3O3S2. The number of anilines is 1. The molecule has 1 amide bonds. The second kappa shape index (κ2) is 7.66. The Kier molecular flexibility index (Phi) is 5.09. The highest BCUT2D eigenvalue weighted by Gasteiger charge is 2.30. The highest BCUT2D eigenvalue weighted by Crippen LogP contribution is 2.32. The van der Waals surface area contributed by atoms with Crippen molar-refractivity contribution in [3.8, 4) is 0 Å². The maximum Gasteiger partial charge on any atom is 0.316 e. The number of esters is 1. The number of amides is 1. The largest absolute Gasteiger partial charge is 0.455 e. The Morgan fingerprint density at radius 3 is 3.04 bits per heavy atom. The number of hydrogen-bond acceptors (Lipinski definition) is 7. The summed E-state index contributed by atoms with van der Waals surface area (Å²) in [6, 6.07) is 9.82. The Bertz CT molecular complexity index is 1000. The Morgan fingerprint density at radius 2 is 2.15 bits per heavy atom. The van der Waals surface area contributed by atoms with E-state index in [2.05, 4.69) is 9.97 Å². The fraction of sp³-hybridized carbons (Fsp3) is 0.263. The summed E-state index contributed by atoms with van der Waals surface area (Å²) in [5.41, 5.74) is 2.05. The molecule has 1 aliphatic heterocycles. The van der Waals surface area contributed by atoms with E-state index in [0.29, 0.717) is 0 Å². The van der Waals surface area contributed by atoms with Gasteiger partial charge in [-0.2, -0.15) is 0 Å². The molecule has 2 aromatic heterocycles. The van der Waals surface area contributed by atoms with Crippen LogP contribution in [0.2, 0.25) is 0 Å². The number of carbonyl (C=O) groups is 2. The summed E-state index contributed by atoms with van der Waals surface area (Å²) in [7, 11) is 0. The number of thiophene rings is 1. The van der Waals surface area contributed by atoms with Gasteiger partial charge in [-0.1, -0.05) is 30.0 Å². The highest BCUT2D eigenvalue weighted by molar-refractivity contribution is 8.00. The molecule has 0 saturated carbocycles. The molecule has 0 spiro atoms. The summed E-state index contributed by atoms with van der Waals surface area (Å²) in [6.45, 7) is 1.74. The van der Waals surface area contributed by atoms with Gasteiger partial charge < -0.3 is 9.64 Å². The number of rotatable bonds is 5. The predicted octanol–water partition coefficient (Wildman–Crippen LogP) is 3.30. The van der Waals surface area contributed by atoms with Gasteiger partial charge in [0.25, 0.3) is 5.91 Å². The van der Waals surface area contributed by atoms with E-state index in [9.17, 15) is 9.59 Å². The Hall–Kier alpha value is -2.45. The maximum absolute atomic E-state index is 12.6. The Labute approximate surface area is 164 Å². The lowest BCUT2D eigenvalue weighted by molar-refractivity contribution is -0.145. The molecule has 1 atom stereocenters. The molecule has 138 valence electrons. The van der Waals surface area contributed by atoms with Crippen LogP contribution in [-0.4, -0.2) is 40.2 Å². The smallest absolute Gasteiger partial charge is 0.316 e. The van der Waals surface area contributed by atoms with Crippen LogP contribution in [0.1, 0.15) is 12.5 Å². The Morgan fingerprint density at radius 1 is 1.30 bits per heavy atom. The molecule has 27 heavy (non-hydrogen) atoms. The zero-order valence-electron chi connectivity index (χ0n) is 14.6. The number of ether oxygens (including phenoxy) is 1. The number of carbonyl (C=O) groups excluding carboxylic acids is 2. The minimum atomic E-state index is -0.435. The van der Waals surface area contributed by atoms with Gasteiger partial charge in [0.2, 0.25) is 0 Å². The van der Waals surface area contributed by atoms with Crippen molar-refractivity contribution >= 4 is 50.9 Å². The van der Waals surface area contributed by atoms with E-state index >= 15 is 0 Å². The van der Waals surface area contributed by atoms with Gasteiger partial charge in [0.05, 0.1) is 5.75 Å². The zero-order chi connectivity index (χ0) is 18.8. The number of para-hydroxylation sites is 1. The van der Waals surface area contributed by atoms with Crippen molar-refractivity contribution in [1.29, 1.82) is 0 Å². The quantitative estimate of drug-likeness (QED) is 0.372. The number of thioether (sulfide) groups is 1. The van der Waals surface area contributed by atoms with Crippen molar-refractivity contribution in [3.05, 3.63) is 47.6 Å². The second-order valence-electron chi connectivity index (χ2n) is 6.21. The van der Waals surface area contributed by atoms with Crippen molar-refractivity contribution in [2.45, 2.75) is 24.4 Å². The first-order valence-electron chi connectivity index (χ1n) is 8.50. The van der Waals surface area contributed by atoms with Crippen LogP contribution in [0.3, 0.4) is 0 Å². The molecule has 1 aromatic carbocycles. The second-order valence-corrected chi connectivity index (χ2v) is 8.07. The van der Waals surface area contributed by atoms with Gasteiger partial charge in [0, 0.05) is 17.1 Å². The van der Waals surface area contributed by atoms with Crippen molar-refractivity contribution in [1.82, 2.24) is 9.97 Å². The third-order valence-corrected chi connectivity index (χ3v) is 6.18. The van der Waals surface area contributed by atoms with E-state index in [4.69, 9.17) is 4.74 Å². The SMILES string of the molecule is C[C@@H]1Cc2ccccc2N1C(=O)COC(=O)CSc1ncnc2sccc12. The molecule has 4 rings (SSSR count). The van der Waals surface area contributed by atoms with Gasteiger partial charge in [-0.05, 0) is 36.4 Å². The van der Waals surface area contributed by atoms with E-state index in [1.54, 1.807) is 4.90 Å². The normalized spacial score (nSPS) is 15.7. The van der Waals surface area contributed by atoms with E-state index < -0.39 is 5.97 Å². The van der Waals surface area contributed by atoms with Gasteiger partial charge in [-0.25, -0.2) is 9.97 Å². The molecular weight excluding hydrogens is 382 g/mol. The number of benzene rings is 1. The van der Waals surface area contributed by atoms with Crippen molar-refractivity contribution in [2.75, 3.05) is 17.3 Å². The lowest BCUT2D eigenvalue weighted by Gasteiger charge is -2.22. The molecule has 0 radical (unpaired) electrons. The lowest BCUT2D eigenvalue weighted by Crippen LogP contribution is -2.38. The topological polar surface area (TPSA) is 72.4 Å². The zero-order valence-corrected chi connectivity index (χ0v) is 16.3. The fourth-order valence-electron chi connectivity index (χ4n) is 3.21. The van der Waals surface area contributed by atoms with Crippen LogP contribution in [0.4, 0.5) is 5.69 Å². The van der Waals surface area contributed by atoms with Gasteiger partial charge in [-0.3, -0.25) is 9.59 Å². The van der Waals surface area contributed by atoms with Gasteiger partial charge in [-0.15, -0.1) is 11.3 Å². The first-order chi connectivity index (χ1) is 13.1. The van der Waals surface area contributed by atoms with Crippen LogP contribution in [0, 0.1) is 0 Å². The molecule has 3 aromatic rings. The van der Waals surface area contributed by atoms with E-state index in [1.165, 1.54) is 29.4 Å². The average molecular weight is 399 g/mol. The lowest BCUT2D eigenvalue weighted by atomic mass is 10.1. The fourth-order valence-corrected chi connectivity index (χ4v) is 4.79. The van der Waals surface area contributed by atoms with Gasteiger partial charge in [0.1, 0.15) is 16.2 Å². The van der Waals surface area contributed by atoms with Crippen LogP contribution in [-0.2, 0) is 20.7 Å². The number of aromatic nitrogens is 2. The molecule has 0 unspecified atom stereocenters. The number of fused-ring (bicyclic) bond motifs is 2. The average Bonchev–Trinajstić information content (AvgIpc) is 3.28. The third-order valence-electron chi connectivity index (χ3n) is 4.38. The summed E-state index contributed by atoms with van der Waals surface area (Å²) in [4.78, 5) is 35.7. The summed E-state index contributed by atoms with van der Waals surface area (Å²) in [5, 5.41) is 3.61. The molecule has 8 heteroatoms. The van der Waals surface area contributed by atoms with Crippen molar-refractivity contribution in [3.63, 3.8) is 0 Å². The van der Waals surface area contributed by atoms with Crippen LogP contribution >= 0.6 is 23.1 Å². The summed E-state index contributed by atoms with van der Waals surface area (Å²) in [6.07, 6.45) is 2.30. The van der Waals surface area contributed by atoms with Crippen LogP contribution in [0.5, 0.6) is 0 Å². The molecule has 3 heterocycles.